The van der Waals surface area contributed by atoms with Gasteiger partial charge < -0.3 is 15.5 Å². The summed E-state index contributed by atoms with van der Waals surface area (Å²) in [5, 5.41) is 0. The van der Waals surface area contributed by atoms with E-state index in [4.69, 9.17) is 5.73 Å². The van der Waals surface area contributed by atoms with Crippen LogP contribution >= 0.6 is 11.8 Å². The van der Waals surface area contributed by atoms with Crippen molar-refractivity contribution in [3.8, 4) is 0 Å². The fourth-order valence-electron chi connectivity index (χ4n) is 2.70. The van der Waals surface area contributed by atoms with E-state index in [-0.39, 0.29) is 17.9 Å². The fraction of sp³-hybridized carbons (Fsp3) is 0.846. The summed E-state index contributed by atoms with van der Waals surface area (Å²) in [5.74, 6) is 2.15. The van der Waals surface area contributed by atoms with Gasteiger partial charge in [0.05, 0.1) is 5.88 Å². The smallest absolute Gasteiger partial charge is 0.246 e. The molecule has 0 radical (unpaired) electrons. The van der Waals surface area contributed by atoms with Crippen molar-refractivity contribution in [3.05, 3.63) is 0 Å². The quantitative estimate of drug-likeness (QED) is 0.820. The van der Waals surface area contributed by atoms with Crippen LogP contribution in [0.4, 0.5) is 0 Å². The molecule has 19 heavy (non-hydrogen) atoms. The average molecular weight is 285 g/mol. The minimum absolute atomic E-state index is 0.0835. The molecule has 1 atom stereocenters. The number of piperidine rings is 1. The zero-order valence-electron chi connectivity index (χ0n) is 11.5. The summed E-state index contributed by atoms with van der Waals surface area (Å²) in [6.07, 6.45) is 2.45. The topological polar surface area (TPSA) is 66.6 Å². The number of likely N-dealkylation sites (tertiary alicyclic amines) is 1. The van der Waals surface area contributed by atoms with E-state index in [0.29, 0.717) is 24.8 Å². The third-order valence-corrected chi connectivity index (χ3v) is 5.06. The van der Waals surface area contributed by atoms with E-state index in [1.54, 1.807) is 16.7 Å². The molecule has 108 valence electrons. The van der Waals surface area contributed by atoms with Crippen molar-refractivity contribution in [1.29, 1.82) is 0 Å². The minimum Gasteiger partial charge on any atom is -0.341 e. The van der Waals surface area contributed by atoms with Crippen LogP contribution in [0.3, 0.4) is 0 Å². The Bertz CT molecular complexity index is 343. The molecular weight excluding hydrogens is 262 g/mol. The summed E-state index contributed by atoms with van der Waals surface area (Å²) >= 11 is 1.67. The molecule has 0 saturated carbocycles. The van der Waals surface area contributed by atoms with Crippen LogP contribution in [0.5, 0.6) is 0 Å². The van der Waals surface area contributed by atoms with Gasteiger partial charge in [0.2, 0.25) is 11.8 Å². The standard InChI is InChI=1S/C13H23N3O2S/c1-2-12(17)16-9-19-8-11(16)13(18)15-5-3-10(7-14)4-6-15/h10-11H,2-9,14H2,1H3. The molecule has 1 unspecified atom stereocenters. The molecule has 6 heteroatoms. The Kier molecular flexibility index (Phi) is 5.10. The van der Waals surface area contributed by atoms with Gasteiger partial charge >= 0.3 is 0 Å². The SMILES string of the molecule is CCC(=O)N1CSCC1C(=O)N1CCC(CN)CC1. The molecule has 0 aliphatic carbocycles. The van der Waals surface area contributed by atoms with Crippen molar-refractivity contribution < 1.29 is 9.59 Å². The minimum atomic E-state index is -0.244. The second kappa shape index (κ2) is 6.61. The lowest BCUT2D eigenvalue weighted by atomic mass is 9.96. The number of rotatable bonds is 3. The summed E-state index contributed by atoms with van der Waals surface area (Å²) in [6, 6.07) is -0.244. The van der Waals surface area contributed by atoms with E-state index < -0.39 is 0 Å². The lowest BCUT2D eigenvalue weighted by Crippen LogP contribution is -2.51. The zero-order valence-corrected chi connectivity index (χ0v) is 12.3. The number of nitrogens with zero attached hydrogens (tertiary/aromatic N) is 2. The molecule has 2 aliphatic rings. The summed E-state index contributed by atoms with van der Waals surface area (Å²) in [4.78, 5) is 28.0. The van der Waals surface area contributed by atoms with Crippen LogP contribution in [0.2, 0.25) is 0 Å². The van der Waals surface area contributed by atoms with E-state index >= 15 is 0 Å². The fourth-order valence-corrected chi connectivity index (χ4v) is 3.87. The lowest BCUT2D eigenvalue weighted by Gasteiger charge is -2.34. The third kappa shape index (κ3) is 3.23. The van der Waals surface area contributed by atoms with E-state index in [1.807, 2.05) is 11.8 Å². The van der Waals surface area contributed by atoms with Crippen molar-refractivity contribution in [3.63, 3.8) is 0 Å². The number of nitrogens with two attached hydrogens (primary N) is 1. The molecule has 0 aromatic rings. The highest BCUT2D eigenvalue weighted by atomic mass is 32.2. The maximum atomic E-state index is 12.5. The molecule has 0 aromatic heterocycles. The van der Waals surface area contributed by atoms with Gasteiger partial charge in [-0.05, 0) is 25.3 Å². The van der Waals surface area contributed by atoms with Crippen molar-refractivity contribution in [2.24, 2.45) is 11.7 Å². The first kappa shape index (κ1) is 14.7. The summed E-state index contributed by atoms with van der Waals surface area (Å²) < 4.78 is 0. The monoisotopic (exact) mass is 285 g/mol. The number of thioether (sulfide) groups is 1. The Labute approximate surface area is 118 Å². The maximum Gasteiger partial charge on any atom is 0.246 e. The van der Waals surface area contributed by atoms with Crippen LogP contribution in [-0.2, 0) is 9.59 Å². The van der Waals surface area contributed by atoms with E-state index in [2.05, 4.69) is 0 Å². The number of carbonyl (C=O) groups excluding carboxylic acids is 2. The van der Waals surface area contributed by atoms with Gasteiger partial charge in [0.25, 0.3) is 0 Å². The Balaban J connectivity index is 1.94. The van der Waals surface area contributed by atoms with E-state index in [0.717, 1.165) is 31.7 Å². The zero-order chi connectivity index (χ0) is 13.8. The predicted octanol–water partition coefficient (Wildman–Crippen LogP) is 0.495. The summed E-state index contributed by atoms with van der Waals surface area (Å²) in [5.41, 5.74) is 5.67. The van der Waals surface area contributed by atoms with Crippen LogP contribution in [0.15, 0.2) is 0 Å². The molecule has 2 amide bonds. The van der Waals surface area contributed by atoms with Gasteiger partial charge in [0, 0.05) is 25.3 Å². The summed E-state index contributed by atoms with van der Waals surface area (Å²) in [6.45, 7) is 4.13. The van der Waals surface area contributed by atoms with Gasteiger partial charge in [0.15, 0.2) is 0 Å². The van der Waals surface area contributed by atoms with Gasteiger partial charge in [-0.15, -0.1) is 11.8 Å². The highest BCUT2D eigenvalue weighted by Crippen LogP contribution is 2.25. The van der Waals surface area contributed by atoms with Gasteiger partial charge in [-0.3, -0.25) is 9.59 Å². The number of hydrogen-bond donors (Lipinski definition) is 1. The second-order valence-corrected chi connectivity index (χ2v) is 6.24. The largest absolute Gasteiger partial charge is 0.341 e. The van der Waals surface area contributed by atoms with Gasteiger partial charge in [0.1, 0.15) is 6.04 Å². The van der Waals surface area contributed by atoms with Crippen LogP contribution < -0.4 is 5.73 Å². The predicted molar refractivity (Wildman–Crippen MR) is 76.6 cm³/mol. The number of hydrogen-bond acceptors (Lipinski definition) is 4. The summed E-state index contributed by atoms with van der Waals surface area (Å²) in [7, 11) is 0. The Morgan fingerprint density at radius 3 is 2.58 bits per heavy atom. The average Bonchev–Trinajstić information content (AvgIpc) is 2.95. The van der Waals surface area contributed by atoms with Gasteiger partial charge in [-0.1, -0.05) is 6.92 Å². The first-order valence-electron chi connectivity index (χ1n) is 7.03. The molecule has 0 aromatic carbocycles. The van der Waals surface area contributed by atoms with Crippen molar-refractivity contribution in [2.75, 3.05) is 31.3 Å². The first-order valence-corrected chi connectivity index (χ1v) is 8.18. The second-order valence-electron chi connectivity index (χ2n) is 5.24. The molecule has 0 bridgehead atoms. The maximum absolute atomic E-state index is 12.5. The number of carbonyl (C=O) groups is 2. The van der Waals surface area contributed by atoms with E-state index in [1.165, 1.54) is 0 Å². The van der Waals surface area contributed by atoms with Crippen LogP contribution in [0.25, 0.3) is 0 Å². The molecule has 2 aliphatic heterocycles. The van der Waals surface area contributed by atoms with Crippen LogP contribution in [0, 0.1) is 5.92 Å². The first-order chi connectivity index (χ1) is 9.17. The van der Waals surface area contributed by atoms with Crippen molar-refractivity contribution >= 4 is 23.6 Å². The highest BCUT2D eigenvalue weighted by Gasteiger charge is 2.37. The highest BCUT2D eigenvalue weighted by molar-refractivity contribution is 7.99. The Morgan fingerprint density at radius 2 is 2.00 bits per heavy atom. The Morgan fingerprint density at radius 1 is 1.32 bits per heavy atom. The molecule has 2 fully saturated rings. The molecule has 0 spiro atoms. The molecule has 5 nitrogen and oxygen atoms in total. The van der Waals surface area contributed by atoms with E-state index in [9.17, 15) is 9.59 Å². The molecule has 2 heterocycles. The molecule has 2 N–H and O–H groups in total. The normalized spacial score (nSPS) is 24.8. The molecule has 2 saturated heterocycles. The van der Waals surface area contributed by atoms with Crippen LogP contribution in [0.1, 0.15) is 26.2 Å². The number of amides is 2. The van der Waals surface area contributed by atoms with Crippen molar-refractivity contribution in [1.82, 2.24) is 9.80 Å². The third-order valence-electron chi connectivity index (χ3n) is 4.05. The van der Waals surface area contributed by atoms with Crippen LogP contribution in [-0.4, -0.2) is 58.9 Å². The molecule has 2 rings (SSSR count). The van der Waals surface area contributed by atoms with Gasteiger partial charge in [-0.25, -0.2) is 0 Å². The van der Waals surface area contributed by atoms with Gasteiger partial charge in [-0.2, -0.15) is 0 Å². The molecular formula is C13H23N3O2S. The Hall–Kier alpha value is -0.750. The lowest BCUT2D eigenvalue weighted by molar-refractivity contribution is -0.144. The van der Waals surface area contributed by atoms with Crippen molar-refractivity contribution in [2.45, 2.75) is 32.2 Å².